The Bertz CT molecular complexity index is 768. The highest BCUT2D eigenvalue weighted by Gasteiger charge is 2.13. The molecule has 2 aromatic rings. The van der Waals surface area contributed by atoms with E-state index in [0.717, 1.165) is 40.4 Å². The first-order valence-electron chi connectivity index (χ1n) is 8.69. The smallest absolute Gasteiger partial charge is 0.220 e. The van der Waals surface area contributed by atoms with E-state index in [4.69, 9.17) is 9.47 Å². The lowest BCUT2D eigenvalue weighted by Crippen LogP contribution is -2.23. The van der Waals surface area contributed by atoms with Gasteiger partial charge in [0.05, 0.1) is 18.9 Å². The predicted octanol–water partition coefficient (Wildman–Crippen LogP) is 2.45. The minimum atomic E-state index is 0.0368. The number of carbonyl (C=O) groups excluding carboxylic acids is 1. The molecule has 1 amide bonds. The maximum absolute atomic E-state index is 12.2. The number of benzene rings is 1. The fraction of sp³-hybridized carbons (Fsp3) is 0.474. The van der Waals surface area contributed by atoms with Crippen LogP contribution in [-0.2, 0) is 24.8 Å². The van der Waals surface area contributed by atoms with Gasteiger partial charge in [0.1, 0.15) is 0 Å². The van der Waals surface area contributed by atoms with Crippen molar-refractivity contribution in [3.63, 3.8) is 0 Å². The quantitative estimate of drug-likeness (QED) is 0.906. The second-order valence-corrected chi connectivity index (χ2v) is 6.38. The van der Waals surface area contributed by atoms with Gasteiger partial charge in [0.15, 0.2) is 11.5 Å². The van der Waals surface area contributed by atoms with Crippen molar-refractivity contribution >= 4 is 5.91 Å². The summed E-state index contributed by atoms with van der Waals surface area (Å²) in [6.45, 7) is 5.84. The zero-order valence-corrected chi connectivity index (χ0v) is 15.1. The molecule has 1 N–H and O–H groups in total. The molecule has 134 valence electrons. The lowest BCUT2D eigenvalue weighted by molar-refractivity contribution is -0.121. The van der Waals surface area contributed by atoms with E-state index < -0.39 is 0 Å². The van der Waals surface area contributed by atoms with Crippen LogP contribution in [0.5, 0.6) is 11.5 Å². The molecule has 2 heterocycles. The van der Waals surface area contributed by atoms with Crippen LogP contribution >= 0.6 is 0 Å². The molecule has 0 radical (unpaired) electrons. The summed E-state index contributed by atoms with van der Waals surface area (Å²) in [5, 5.41) is 7.36. The van der Waals surface area contributed by atoms with Crippen molar-refractivity contribution in [1.82, 2.24) is 15.1 Å². The van der Waals surface area contributed by atoms with Gasteiger partial charge in [-0.05, 0) is 43.5 Å². The highest BCUT2D eigenvalue weighted by atomic mass is 16.5. The first kappa shape index (κ1) is 17.3. The molecule has 6 nitrogen and oxygen atoms in total. The second-order valence-electron chi connectivity index (χ2n) is 6.38. The lowest BCUT2D eigenvalue weighted by Gasteiger charge is -2.10. The van der Waals surface area contributed by atoms with Crippen LogP contribution in [0.4, 0.5) is 0 Å². The number of rotatable bonds is 5. The monoisotopic (exact) mass is 343 g/mol. The maximum atomic E-state index is 12.2. The van der Waals surface area contributed by atoms with Gasteiger partial charge < -0.3 is 14.8 Å². The Morgan fingerprint density at radius 1 is 1.24 bits per heavy atom. The molecule has 0 spiro atoms. The molecule has 0 atom stereocenters. The Morgan fingerprint density at radius 3 is 2.72 bits per heavy atom. The van der Waals surface area contributed by atoms with Gasteiger partial charge >= 0.3 is 0 Å². The molecular weight excluding hydrogens is 318 g/mol. The first-order chi connectivity index (χ1) is 12.0. The van der Waals surface area contributed by atoms with Crippen LogP contribution in [-0.4, -0.2) is 28.9 Å². The van der Waals surface area contributed by atoms with Crippen LogP contribution in [0.2, 0.25) is 0 Å². The van der Waals surface area contributed by atoms with Crippen molar-refractivity contribution in [3.8, 4) is 11.5 Å². The third-order valence-corrected chi connectivity index (χ3v) is 4.56. The number of ether oxygens (including phenoxy) is 2. The van der Waals surface area contributed by atoms with Crippen LogP contribution in [0.25, 0.3) is 0 Å². The molecular formula is C19H25N3O3. The molecule has 0 saturated carbocycles. The van der Waals surface area contributed by atoms with Gasteiger partial charge in [-0.2, -0.15) is 5.10 Å². The zero-order valence-electron chi connectivity index (χ0n) is 15.1. The number of aromatic nitrogens is 2. The molecule has 1 aromatic heterocycles. The van der Waals surface area contributed by atoms with E-state index in [0.29, 0.717) is 32.6 Å². The highest BCUT2D eigenvalue weighted by molar-refractivity contribution is 5.76. The SMILES string of the molecule is Cc1nn(C)c(C)c1CCC(=O)NCc1ccc2c(c1)OCCCO2. The van der Waals surface area contributed by atoms with Gasteiger partial charge in [-0.15, -0.1) is 0 Å². The van der Waals surface area contributed by atoms with Gasteiger partial charge in [-0.3, -0.25) is 9.48 Å². The molecule has 0 fully saturated rings. The van der Waals surface area contributed by atoms with E-state index in [2.05, 4.69) is 10.4 Å². The Kier molecular flexibility index (Phi) is 5.26. The first-order valence-corrected chi connectivity index (χ1v) is 8.69. The van der Waals surface area contributed by atoms with Crippen LogP contribution in [0.15, 0.2) is 18.2 Å². The zero-order chi connectivity index (χ0) is 17.8. The Hall–Kier alpha value is -2.50. The summed E-state index contributed by atoms with van der Waals surface area (Å²) >= 11 is 0. The van der Waals surface area contributed by atoms with Crippen LogP contribution < -0.4 is 14.8 Å². The third-order valence-electron chi connectivity index (χ3n) is 4.56. The summed E-state index contributed by atoms with van der Waals surface area (Å²) in [5.74, 6) is 1.57. The molecule has 25 heavy (non-hydrogen) atoms. The molecule has 1 aliphatic heterocycles. The topological polar surface area (TPSA) is 65.4 Å². The number of hydrogen-bond acceptors (Lipinski definition) is 4. The average Bonchev–Trinajstić information content (AvgIpc) is 2.77. The van der Waals surface area contributed by atoms with Crippen molar-refractivity contribution in [3.05, 3.63) is 40.7 Å². The fourth-order valence-electron chi connectivity index (χ4n) is 3.02. The molecule has 0 aliphatic carbocycles. The molecule has 1 aliphatic rings. The number of amides is 1. The summed E-state index contributed by atoms with van der Waals surface area (Å²) < 4.78 is 13.2. The third kappa shape index (κ3) is 4.13. The number of nitrogens with one attached hydrogen (secondary N) is 1. The summed E-state index contributed by atoms with van der Waals surface area (Å²) in [7, 11) is 1.93. The largest absolute Gasteiger partial charge is 0.490 e. The molecule has 0 bridgehead atoms. The second kappa shape index (κ2) is 7.59. The molecule has 0 unspecified atom stereocenters. The summed E-state index contributed by atoms with van der Waals surface area (Å²) in [5.41, 5.74) is 4.28. The van der Waals surface area contributed by atoms with Crippen molar-refractivity contribution in [2.45, 2.75) is 39.7 Å². The van der Waals surface area contributed by atoms with Crippen LogP contribution in [0, 0.1) is 13.8 Å². The van der Waals surface area contributed by atoms with E-state index in [1.165, 1.54) is 0 Å². The molecule has 3 rings (SSSR count). The van der Waals surface area contributed by atoms with E-state index in [1.807, 2.05) is 43.8 Å². The standard InChI is InChI=1S/C19H25N3O3/c1-13-16(14(2)22(3)21-13)6-8-19(23)20-12-15-5-7-17-18(11-15)25-10-4-9-24-17/h5,7,11H,4,6,8-10,12H2,1-3H3,(H,20,23). The van der Waals surface area contributed by atoms with Crippen molar-refractivity contribution in [2.75, 3.05) is 13.2 Å². The lowest BCUT2D eigenvalue weighted by atomic mass is 10.1. The predicted molar refractivity (Wildman–Crippen MR) is 94.9 cm³/mol. The Morgan fingerprint density at radius 2 is 2.00 bits per heavy atom. The number of nitrogens with zero attached hydrogens (tertiary/aromatic N) is 2. The van der Waals surface area contributed by atoms with Crippen LogP contribution in [0.3, 0.4) is 0 Å². The van der Waals surface area contributed by atoms with Crippen LogP contribution in [0.1, 0.15) is 35.4 Å². The summed E-state index contributed by atoms with van der Waals surface area (Å²) in [4.78, 5) is 12.2. The van der Waals surface area contributed by atoms with E-state index in [1.54, 1.807) is 0 Å². The molecule has 1 aromatic carbocycles. The van der Waals surface area contributed by atoms with Gasteiger partial charge in [0.25, 0.3) is 0 Å². The summed E-state index contributed by atoms with van der Waals surface area (Å²) in [6.07, 6.45) is 2.05. The van der Waals surface area contributed by atoms with E-state index >= 15 is 0 Å². The molecule has 6 heteroatoms. The van der Waals surface area contributed by atoms with Crippen molar-refractivity contribution in [2.24, 2.45) is 7.05 Å². The van der Waals surface area contributed by atoms with E-state index in [-0.39, 0.29) is 5.91 Å². The van der Waals surface area contributed by atoms with E-state index in [9.17, 15) is 4.79 Å². The van der Waals surface area contributed by atoms with Gasteiger partial charge in [0, 0.05) is 32.1 Å². The Labute approximate surface area is 148 Å². The van der Waals surface area contributed by atoms with Gasteiger partial charge in [-0.25, -0.2) is 0 Å². The maximum Gasteiger partial charge on any atom is 0.220 e. The number of aryl methyl sites for hydroxylation is 2. The minimum Gasteiger partial charge on any atom is -0.490 e. The minimum absolute atomic E-state index is 0.0368. The normalized spacial score (nSPS) is 13.4. The molecule has 0 saturated heterocycles. The fourth-order valence-corrected chi connectivity index (χ4v) is 3.02. The highest BCUT2D eigenvalue weighted by Crippen LogP contribution is 2.30. The number of fused-ring (bicyclic) bond motifs is 1. The number of hydrogen-bond donors (Lipinski definition) is 1. The number of carbonyl (C=O) groups is 1. The van der Waals surface area contributed by atoms with Gasteiger partial charge in [0.2, 0.25) is 5.91 Å². The summed E-state index contributed by atoms with van der Waals surface area (Å²) in [6, 6.07) is 5.81. The Balaban J connectivity index is 1.53. The van der Waals surface area contributed by atoms with Crippen molar-refractivity contribution < 1.29 is 14.3 Å². The van der Waals surface area contributed by atoms with Crippen molar-refractivity contribution in [1.29, 1.82) is 0 Å². The van der Waals surface area contributed by atoms with Gasteiger partial charge in [-0.1, -0.05) is 6.07 Å². The average molecular weight is 343 g/mol.